The zero-order chi connectivity index (χ0) is 20.9. The van der Waals surface area contributed by atoms with Crippen LogP contribution in [-0.2, 0) is 21.7 Å². The minimum absolute atomic E-state index is 0. The molecular weight excluding hydrogens is 418 g/mol. The molecule has 1 spiro atoms. The highest BCUT2D eigenvalue weighted by atomic mass is 35.5. The number of rotatable bonds is 2. The minimum Gasteiger partial charge on any atom is -0.384 e. The van der Waals surface area contributed by atoms with Crippen LogP contribution in [0.4, 0.5) is 0 Å². The van der Waals surface area contributed by atoms with E-state index in [1.807, 2.05) is 18.2 Å². The van der Waals surface area contributed by atoms with Crippen molar-refractivity contribution in [1.82, 2.24) is 15.5 Å². The Morgan fingerprint density at radius 1 is 1.06 bits per heavy atom. The van der Waals surface area contributed by atoms with E-state index in [1.54, 1.807) is 4.90 Å². The number of carbonyl (C=O) groups excluding carboxylic acids is 3. The van der Waals surface area contributed by atoms with Gasteiger partial charge in [-0.15, -0.1) is 12.4 Å². The number of hydrogen-bond acceptors (Lipinski definition) is 5. The van der Waals surface area contributed by atoms with Gasteiger partial charge in [0.15, 0.2) is 0 Å². The maximum absolute atomic E-state index is 13.0. The van der Waals surface area contributed by atoms with Crippen molar-refractivity contribution in [2.24, 2.45) is 5.41 Å². The molecule has 0 radical (unpaired) electrons. The predicted molar refractivity (Wildman–Crippen MR) is 117 cm³/mol. The third kappa shape index (κ3) is 3.47. The number of carbonyl (C=O) groups is 3. The first-order valence-electron chi connectivity index (χ1n) is 11.1. The van der Waals surface area contributed by atoms with Gasteiger partial charge in [-0.2, -0.15) is 0 Å². The molecule has 0 aromatic heterocycles. The van der Waals surface area contributed by atoms with Crippen LogP contribution >= 0.6 is 12.4 Å². The Morgan fingerprint density at radius 3 is 2.58 bits per heavy atom. The van der Waals surface area contributed by atoms with E-state index >= 15 is 0 Å². The van der Waals surface area contributed by atoms with Crippen molar-refractivity contribution in [1.29, 1.82) is 0 Å². The van der Waals surface area contributed by atoms with Gasteiger partial charge in [0.05, 0.1) is 5.60 Å². The topological polar surface area (TPSA) is 98.7 Å². The highest BCUT2D eigenvalue weighted by molar-refractivity contribution is 6.05. The summed E-state index contributed by atoms with van der Waals surface area (Å²) < 4.78 is 0. The molecule has 2 unspecified atom stereocenters. The molecule has 31 heavy (non-hydrogen) atoms. The number of halogens is 1. The third-order valence-corrected chi connectivity index (χ3v) is 7.82. The van der Waals surface area contributed by atoms with Gasteiger partial charge in [-0.25, -0.2) is 0 Å². The summed E-state index contributed by atoms with van der Waals surface area (Å²) in [6, 6.07) is 5.10. The van der Waals surface area contributed by atoms with Crippen LogP contribution < -0.4 is 10.6 Å². The van der Waals surface area contributed by atoms with Crippen LogP contribution in [0.25, 0.3) is 0 Å². The van der Waals surface area contributed by atoms with Crippen LogP contribution in [0.5, 0.6) is 0 Å². The average molecular weight is 448 g/mol. The highest BCUT2D eigenvalue weighted by Gasteiger charge is 2.53. The zero-order valence-corrected chi connectivity index (χ0v) is 18.4. The monoisotopic (exact) mass is 447 g/mol. The number of aliphatic hydroxyl groups is 1. The van der Waals surface area contributed by atoms with E-state index in [9.17, 15) is 19.5 Å². The second-order valence-electron chi connectivity index (χ2n) is 9.40. The molecule has 3 N–H and O–H groups in total. The van der Waals surface area contributed by atoms with Crippen molar-refractivity contribution in [2.75, 3.05) is 13.1 Å². The second kappa shape index (κ2) is 8.19. The fourth-order valence-electron chi connectivity index (χ4n) is 6.11. The van der Waals surface area contributed by atoms with E-state index in [0.29, 0.717) is 24.9 Å². The maximum Gasteiger partial charge on any atom is 0.255 e. The molecule has 168 valence electrons. The van der Waals surface area contributed by atoms with E-state index in [0.717, 1.165) is 49.9 Å². The molecule has 4 aliphatic rings. The van der Waals surface area contributed by atoms with Gasteiger partial charge in [0, 0.05) is 30.5 Å². The van der Waals surface area contributed by atoms with Crippen LogP contribution in [-0.4, -0.2) is 46.9 Å². The molecule has 5 rings (SSSR count). The maximum atomic E-state index is 13.0. The Bertz CT molecular complexity index is 906. The van der Waals surface area contributed by atoms with E-state index in [1.165, 1.54) is 6.42 Å². The summed E-state index contributed by atoms with van der Waals surface area (Å²) in [5.74, 6) is -0.852. The Kier molecular flexibility index (Phi) is 5.87. The lowest BCUT2D eigenvalue weighted by molar-refractivity contribution is -0.137. The molecule has 1 aromatic carbocycles. The lowest BCUT2D eigenvalue weighted by Gasteiger charge is -2.53. The lowest BCUT2D eigenvalue weighted by atomic mass is 9.58. The van der Waals surface area contributed by atoms with E-state index in [2.05, 4.69) is 10.6 Å². The van der Waals surface area contributed by atoms with Crippen molar-refractivity contribution < 1.29 is 19.5 Å². The van der Waals surface area contributed by atoms with Gasteiger partial charge in [0.2, 0.25) is 11.8 Å². The van der Waals surface area contributed by atoms with Crippen LogP contribution in [0, 0.1) is 5.41 Å². The number of piperidine rings is 2. The number of imide groups is 1. The number of benzene rings is 1. The van der Waals surface area contributed by atoms with Crippen LogP contribution in [0.15, 0.2) is 18.2 Å². The third-order valence-electron chi connectivity index (χ3n) is 7.82. The smallest absolute Gasteiger partial charge is 0.255 e. The van der Waals surface area contributed by atoms with Gasteiger partial charge in [0.25, 0.3) is 5.91 Å². The summed E-state index contributed by atoms with van der Waals surface area (Å²) in [5, 5.41) is 17.8. The van der Waals surface area contributed by atoms with Gasteiger partial charge >= 0.3 is 0 Å². The van der Waals surface area contributed by atoms with Crippen molar-refractivity contribution in [3.05, 3.63) is 34.9 Å². The Labute approximate surface area is 188 Å². The lowest BCUT2D eigenvalue weighted by Crippen LogP contribution is -2.57. The first kappa shape index (κ1) is 22.2. The molecule has 3 aliphatic heterocycles. The summed E-state index contributed by atoms with van der Waals surface area (Å²) in [6.45, 7) is 1.94. The second-order valence-corrected chi connectivity index (χ2v) is 9.40. The predicted octanol–water partition coefficient (Wildman–Crippen LogP) is 2.00. The van der Waals surface area contributed by atoms with Crippen molar-refractivity contribution in [3.63, 3.8) is 0 Å². The summed E-state index contributed by atoms with van der Waals surface area (Å²) in [4.78, 5) is 38.3. The van der Waals surface area contributed by atoms with E-state index in [4.69, 9.17) is 0 Å². The van der Waals surface area contributed by atoms with E-state index < -0.39 is 17.6 Å². The van der Waals surface area contributed by atoms with Gasteiger partial charge in [-0.3, -0.25) is 19.7 Å². The molecule has 1 aromatic rings. The van der Waals surface area contributed by atoms with Crippen LogP contribution in [0.1, 0.15) is 72.9 Å². The molecule has 0 bridgehead atoms. The molecule has 1 aliphatic carbocycles. The number of nitrogens with one attached hydrogen (secondary N) is 2. The fraction of sp³-hybridized carbons (Fsp3) is 0.609. The van der Waals surface area contributed by atoms with Gasteiger partial charge in [-0.1, -0.05) is 31.4 Å². The Balaban J connectivity index is 0.00000231. The Morgan fingerprint density at radius 2 is 1.84 bits per heavy atom. The van der Waals surface area contributed by atoms with Gasteiger partial charge in [0.1, 0.15) is 6.04 Å². The standard InChI is InChI=1S/C23H29N3O4.ClH/c27-19-7-6-18(20(28)25-19)26-13-15-12-16(4-5-17(15)21(26)29)23(30)10-11-24-14-22(23)8-2-1-3-9-22;/h4-5,12,18,24,30H,1-3,6-11,13-14H2,(H,25,27,28);1H. The number of hydrogen-bond donors (Lipinski definition) is 3. The zero-order valence-electron chi connectivity index (χ0n) is 17.6. The van der Waals surface area contributed by atoms with Crippen LogP contribution in [0.3, 0.4) is 0 Å². The molecule has 2 saturated heterocycles. The van der Waals surface area contributed by atoms with Gasteiger partial charge < -0.3 is 15.3 Å². The number of nitrogens with zero attached hydrogens (tertiary/aromatic N) is 1. The van der Waals surface area contributed by atoms with E-state index in [-0.39, 0.29) is 36.1 Å². The summed E-state index contributed by atoms with van der Waals surface area (Å²) in [5.41, 5.74) is 1.28. The normalized spacial score (nSPS) is 30.0. The molecule has 3 amide bonds. The van der Waals surface area contributed by atoms with Crippen molar-refractivity contribution in [2.45, 2.75) is 69.6 Å². The SMILES string of the molecule is Cl.O=C1CCC(N2Cc3cc(C4(O)CCNCC45CCCCC5)ccc3C2=O)C(=O)N1. The quantitative estimate of drug-likeness (QED) is 0.602. The molecule has 8 heteroatoms. The summed E-state index contributed by atoms with van der Waals surface area (Å²) >= 11 is 0. The largest absolute Gasteiger partial charge is 0.384 e. The van der Waals surface area contributed by atoms with Crippen molar-refractivity contribution >= 4 is 30.1 Å². The average Bonchev–Trinajstić information content (AvgIpc) is 3.07. The Hall–Kier alpha value is -1.96. The first-order valence-corrected chi connectivity index (χ1v) is 11.1. The first-order chi connectivity index (χ1) is 14.4. The number of fused-ring (bicyclic) bond motifs is 1. The van der Waals surface area contributed by atoms with Crippen LogP contribution in [0.2, 0.25) is 0 Å². The van der Waals surface area contributed by atoms with Gasteiger partial charge in [-0.05, 0) is 49.4 Å². The molecule has 1 saturated carbocycles. The summed E-state index contributed by atoms with van der Waals surface area (Å²) in [7, 11) is 0. The molecule has 7 nitrogen and oxygen atoms in total. The molecular formula is C23H30ClN3O4. The minimum atomic E-state index is -0.904. The molecule has 3 fully saturated rings. The number of amides is 3. The fourth-order valence-corrected chi connectivity index (χ4v) is 6.11. The molecule has 3 heterocycles. The molecule has 2 atom stereocenters. The summed E-state index contributed by atoms with van der Waals surface area (Å²) in [6.07, 6.45) is 6.78. The highest BCUT2D eigenvalue weighted by Crippen LogP contribution is 2.53. The van der Waals surface area contributed by atoms with Crippen molar-refractivity contribution in [3.8, 4) is 0 Å².